The molecule has 0 bridgehead atoms. The molecule has 36 heavy (non-hydrogen) atoms. The second-order valence-corrected chi connectivity index (χ2v) is 9.47. The summed E-state index contributed by atoms with van der Waals surface area (Å²) in [6, 6.07) is 27.6. The summed E-state index contributed by atoms with van der Waals surface area (Å²) in [7, 11) is 1.71. The van der Waals surface area contributed by atoms with E-state index in [1.807, 2.05) is 24.3 Å². The highest BCUT2D eigenvalue weighted by molar-refractivity contribution is 5.61. The maximum absolute atomic E-state index is 6.23. The SMILES string of the molecule is COc1ccc(C2COc3ccccc3N2CC(COCC=Cc2ccccc2)N2CCCC2)cc1. The van der Waals surface area contributed by atoms with E-state index >= 15 is 0 Å². The molecule has 5 heteroatoms. The number of hydrogen-bond donors (Lipinski definition) is 0. The minimum Gasteiger partial charge on any atom is -0.497 e. The van der Waals surface area contributed by atoms with Crippen LogP contribution in [0.5, 0.6) is 11.5 Å². The lowest BCUT2D eigenvalue weighted by Crippen LogP contribution is -2.48. The molecule has 3 aromatic carbocycles. The van der Waals surface area contributed by atoms with Crippen molar-refractivity contribution in [3.63, 3.8) is 0 Å². The predicted molar refractivity (Wildman–Crippen MR) is 146 cm³/mol. The van der Waals surface area contributed by atoms with Gasteiger partial charge in [-0.1, -0.05) is 66.7 Å². The summed E-state index contributed by atoms with van der Waals surface area (Å²) in [4.78, 5) is 5.12. The number of rotatable bonds is 10. The predicted octanol–water partition coefficient (Wildman–Crippen LogP) is 5.83. The van der Waals surface area contributed by atoms with Crippen LogP contribution in [-0.4, -0.2) is 57.5 Å². The molecule has 0 aliphatic carbocycles. The molecular weight excluding hydrogens is 448 g/mol. The fraction of sp³-hybridized carbons (Fsp3) is 0.355. The summed E-state index contributed by atoms with van der Waals surface area (Å²) in [6.45, 7) is 5.09. The third kappa shape index (κ3) is 5.92. The fourth-order valence-electron chi connectivity index (χ4n) is 5.20. The van der Waals surface area contributed by atoms with E-state index in [0.717, 1.165) is 36.8 Å². The number of likely N-dealkylation sites (tertiary alicyclic amines) is 1. The van der Waals surface area contributed by atoms with Gasteiger partial charge in [-0.05, 0) is 61.3 Å². The van der Waals surface area contributed by atoms with Gasteiger partial charge in [-0.3, -0.25) is 4.90 Å². The highest BCUT2D eigenvalue weighted by Crippen LogP contribution is 2.40. The van der Waals surface area contributed by atoms with Gasteiger partial charge in [-0.25, -0.2) is 0 Å². The monoisotopic (exact) mass is 484 g/mol. The Bertz CT molecular complexity index is 1110. The van der Waals surface area contributed by atoms with Gasteiger partial charge in [-0.2, -0.15) is 0 Å². The van der Waals surface area contributed by atoms with Crippen molar-refractivity contribution in [1.82, 2.24) is 4.90 Å². The van der Waals surface area contributed by atoms with Gasteiger partial charge in [0, 0.05) is 6.54 Å². The molecule has 188 valence electrons. The first kappa shape index (κ1) is 24.4. The highest BCUT2D eigenvalue weighted by Gasteiger charge is 2.33. The van der Waals surface area contributed by atoms with Crippen LogP contribution in [0.4, 0.5) is 5.69 Å². The minimum absolute atomic E-state index is 0.133. The molecule has 2 unspecified atom stereocenters. The molecule has 0 spiro atoms. The number of ether oxygens (including phenoxy) is 3. The van der Waals surface area contributed by atoms with E-state index in [0.29, 0.717) is 25.9 Å². The lowest BCUT2D eigenvalue weighted by molar-refractivity contribution is 0.0856. The Hall–Kier alpha value is -3.28. The van der Waals surface area contributed by atoms with Gasteiger partial charge in [0.15, 0.2) is 0 Å². The van der Waals surface area contributed by atoms with Crippen LogP contribution < -0.4 is 14.4 Å². The molecule has 3 aromatic rings. The third-order valence-electron chi connectivity index (χ3n) is 7.15. The van der Waals surface area contributed by atoms with Crippen molar-refractivity contribution in [2.24, 2.45) is 0 Å². The van der Waals surface area contributed by atoms with Crippen LogP contribution in [0.2, 0.25) is 0 Å². The Morgan fingerprint density at radius 3 is 2.47 bits per heavy atom. The van der Waals surface area contributed by atoms with Crippen LogP contribution in [0.1, 0.15) is 30.0 Å². The molecule has 0 radical (unpaired) electrons. The summed E-state index contributed by atoms with van der Waals surface area (Å²) < 4.78 is 17.8. The molecule has 0 aromatic heterocycles. The number of fused-ring (bicyclic) bond motifs is 1. The fourth-order valence-corrected chi connectivity index (χ4v) is 5.20. The number of hydrogen-bond acceptors (Lipinski definition) is 5. The van der Waals surface area contributed by atoms with E-state index in [1.54, 1.807) is 7.11 Å². The summed E-state index contributed by atoms with van der Waals surface area (Å²) in [6.07, 6.45) is 6.75. The second kappa shape index (κ2) is 12.1. The molecular formula is C31H36N2O3. The maximum atomic E-state index is 6.23. The van der Waals surface area contributed by atoms with Crippen molar-refractivity contribution >= 4 is 11.8 Å². The van der Waals surface area contributed by atoms with Crippen LogP contribution in [0.25, 0.3) is 6.08 Å². The summed E-state index contributed by atoms with van der Waals surface area (Å²) in [5, 5.41) is 0. The van der Waals surface area contributed by atoms with Gasteiger partial charge >= 0.3 is 0 Å². The van der Waals surface area contributed by atoms with Crippen molar-refractivity contribution in [2.75, 3.05) is 51.5 Å². The lowest BCUT2D eigenvalue weighted by Gasteiger charge is -2.42. The van der Waals surface area contributed by atoms with E-state index in [2.05, 4.69) is 76.5 Å². The molecule has 0 saturated carbocycles. The normalized spacial score (nSPS) is 18.7. The molecule has 2 heterocycles. The van der Waals surface area contributed by atoms with Crippen LogP contribution in [-0.2, 0) is 4.74 Å². The molecule has 1 saturated heterocycles. The van der Waals surface area contributed by atoms with Gasteiger partial charge in [0.1, 0.15) is 18.1 Å². The van der Waals surface area contributed by atoms with E-state index in [9.17, 15) is 0 Å². The Balaban J connectivity index is 1.33. The topological polar surface area (TPSA) is 34.2 Å². The van der Waals surface area contributed by atoms with Crippen LogP contribution >= 0.6 is 0 Å². The van der Waals surface area contributed by atoms with E-state index in [1.165, 1.54) is 24.0 Å². The molecule has 2 atom stereocenters. The van der Waals surface area contributed by atoms with E-state index in [4.69, 9.17) is 14.2 Å². The van der Waals surface area contributed by atoms with Crippen molar-refractivity contribution in [1.29, 1.82) is 0 Å². The van der Waals surface area contributed by atoms with Gasteiger partial charge in [-0.15, -0.1) is 0 Å². The average Bonchev–Trinajstić information content (AvgIpc) is 3.48. The van der Waals surface area contributed by atoms with E-state index in [-0.39, 0.29) is 6.04 Å². The Kier molecular flexibility index (Phi) is 8.21. The van der Waals surface area contributed by atoms with Crippen LogP contribution in [0.15, 0.2) is 84.9 Å². The largest absolute Gasteiger partial charge is 0.497 e. The number of para-hydroxylation sites is 2. The molecule has 0 amide bonds. The summed E-state index contributed by atoms with van der Waals surface area (Å²) in [5.41, 5.74) is 3.58. The smallest absolute Gasteiger partial charge is 0.142 e. The van der Waals surface area contributed by atoms with Gasteiger partial charge in [0.25, 0.3) is 0 Å². The minimum atomic E-state index is 0.133. The van der Waals surface area contributed by atoms with Crippen LogP contribution in [0.3, 0.4) is 0 Å². The molecule has 2 aliphatic heterocycles. The van der Waals surface area contributed by atoms with Crippen molar-refractivity contribution in [3.05, 3.63) is 96.1 Å². The zero-order valence-corrected chi connectivity index (χ0v) is 21.1. The van der Waals surface area contributed by atoms with Crippen molar-refractivity contribution in [3.8, 4) is 11.5 Å². The quantitative estimate of drug-likeness (QED) is 0.338. The first-order valence-corrected chi connectivity index (χ1v) is 13.0. The molecule has 5 rings (SSSR count). The zero-order chi connectivity index (χ0) is 24.6. The highest BCUT2D eigenvalue weighted by atomic mass is 16.5. The number of anilines is 1. The number of methoxy groups -OCH3 is 1. The average molecular weight is 485 g/mol. The molecule has 5 nitrogen and oxygen atoms in total. The van der Waals surface area contributed by atoms with Crippen molar-refractivity contribution in [2.45, 2.75) is 24.9 Å². The second-order valence-electron chi connectivity index (χ2n) is 9.47. The Morgan fingerprint density at radius 1 is 0.944 bits per heavy atom. The van der Waals surface area contributed by atoms with Gasteiger partial charge in [0.2, 0.25) is 0 Å². The van der Waals surface area contributed by atoms with E-state index < -0.39 is 0 Å². The molecule has 2 aliphatic rings. The Morgan fingerprint density at radius 2 is 1.69 bits per heavy atom. The summed E-state index contributed by atoms with van der Waals surface area (Å²) >= 11 is 0. The number of nitrogens with zero attached hydrogens (tertiary/aromatic N) is 2. The Labute approximate surface area is 214 Å². The van der Waals surface area contributed by atoms with Crippen LogP contribution in [0, 0.1) is 0 Å². The van der Waals surface area contributed by atoms with Gasteiger partial charge in [0.05, 0.1) is 38.1 Å². The standard InChI is InChI=1S/C31H36N2O3/c1-34-28-17-15-26(16-18-28)30-24-36-31-14-6-5-13-29(31)33(30)22-27(32-19-7-8-20-32)23-35-21-9-12-25-10-3-2-4-11-25/h2-6,9-18,27,30H,7-8,19-24H2,1H3. The number of benzene rings is 3. The molecule has 0 N–H and O–H groups in total. The summed E-state index contributed by atoms with van der Waals surface area (Å²) in [5.74, 6) is 1.82. The molecule has 1 fully saturated rings. The zero-order valence-electron chi connectivity index (χ0n) is 21.1. The maximum Gasteiger partial charge on any atom is 0.142 e. The third-order valence-corrected chi connectivity index (χ3v) is 7.15. The first-order valence-electron chi connectivity index (χ1n) is 13.0. The van der Waals surface area contributed by atoms with Crippen molar-refractivity contribution < 1.29 is 14.2 Å². The van der Waals surface area contributed by atoms with Gasteiger partial charge < -0.3 is 19.1 Å². The lowest BCUT2D eigenvalue weighted by atomic mass is 10.0. The first-order chi connectivity index (χ1) is 17.8.